The molecule has 3 N–H and O–H groups in total. The number of benzene rings is 2. The molecule has 0 radical (unpaired) electrons. The van der Waals surface area contributed by atoms with Gasteiger partial charge in [0, 0.05) is 12.0 Å². The standard InChI is InChI=1S/C25H28N2O5/c1-2-16(14-22(28)29)26-23(30)25(12-7-13-25)27-24(31)32-15-21-19-10-5-3-8-17(19)18-9-4-6-11-20(18)21/h3-6,8-11,16,21H,2,7,12-15H2,1H3,(H,26,30)(H,27,31)(H,28,29)/t16-/m1/s1. The van der Waals surface area contributed by atoms with Crippen molar-refractivity contribution in [3.8, 4) is 11.1 Å². The van der Waals surface area contributed by atoms with E-state index in [0.717, 1.165) is 28.7 Å². The first-order chi connectivity index (χ1) is 15.4. The maximum absolute atomic E-state index is 12.8. The topological polar surface area (TPSA) is 105 Å². The second kappa shape index (κ2) is 9.02. The maximum Gasteiger partial charge on any atom is 0.408 e. The summed E-state index contributed by atoms with van der Waals surface area (Å²) in [6.07, 6.45) is 1.54. The first-order valence-electron chi connectivity index (χ1n) is 11.1. The third-order valence-corrected chi connectivity index (χ3v) is 6.58. The van der Waals surface area contributed by atoms with E-state index in [9.17, 15) is 14.4 Å². The van der Waals surface area contributed by atoms with E-state index in [-0.39, 0.29) is 24.9 Å². The molecule has 4 rings (SSSR count). The zero-order valence-corrected chi connectivity index (χ0v) is 18.1. The quantitative estimate of drug-likeness (QED) is 0.584. The minimum Gasteiger partial charge on any atom is -0.481 e. The van der Waals surface area contributed by atoms with Gasteiger partial charge >= 0.3 is 12.1 Å². The van der Waals surface area contributed by atoms with Crippen molar-refractivity contribution in [2.45, 2.75) is 56.5 Å². The second-order valence-corrected chi connectivity index (χ2v) is 8.56. The summed E-state index contributed by atoms with van der Waals surface area (Å²) in [5.74, 6) is -1.37. The van der Waals surface area contributed by atoms with Crippen LogP contribution in [-0.4, -0.2) is 41.3 Å². The molecule has 7 heteroatoms. The number of carboxylic acid groups (broad SMARTS) is 1. The average molecular weight is 437 g/mol. The highest BCUT2D eigenvalue weighted by atomic mass is 16.5. The predicted octanol–water partition coefficient (Wildman–Crippen LogP) is 3.82. The van der Waals surface area contributed by atoms with Gasteiger partial charge in [0.25, 0.3) is 0 Å². The van der Waals surface area contributed by atoms with Gasteiger partial charge in [-0.3, -0.25) is 9.59 Å². The summed E-state index contributed by atoms with van der Waals surface area (Å²) in [7, 11) is 0. The minimum atomic E-state index is -1.03. The zero-order chi connectivity index (χ0) is 22.7. The van der Waals surface area contributed by atoms with Crippen LogP contribution in [0.1, 0.15) is 56.1 Å². The van der Waals surface area contributed by atoms with Crippen LogP contribution in [-0.2, 0) is 14.3 Å². The van der Waals surface area contributed by atoms with Crippen molar-refractivity contribution < 1.29 is 24.2 Å². The molecular weight excluding hydrogens is 408 g/mol. The van der Waals surface area contributed by atoms with Gasteiger partial charge in [-0.05, 0) is 47.9 Å². The van der Waals surface area contributed by atoms with Crippen molar-refractivity contribution in [3.63, 3.8) is 0 Å². The molecule has 0 bridgehead atoms. The number of hydrogen-bond acceptors (Lipinski definition) is 4. The van der Waals surface area contributed by atoms with E-state index >= 15 is 0 Å². The Morgan fingerprint density at radius 1 is 1.06 bits per heavy atom. The Labute approximate surface area is 187 Å². The molecule has 1 atom stereocenters. The van der Waals surface area contributed by atoms with Crippen molar-refractivity contribution >= 4 is 18.0 Å². The van der Waals surface area contributed by atoms with Crippen LogP contribution >= 0.6 is 0 Å². The number of fused-ring (bicyclic) bond motifs is 3. The van der Waals surface area contributed by atoms with Gasteiger partial charge < -0.3 is 20.5 Å². The molecule has 1 fully saturated rings. The van der Waals surface area contributed by atoms with Gasteiger partial charge in [0.05, 0.1) is 6.42 Å². The molecule has 2 amide bonds. The number of carboxylic acids is 1. The Bertz CT molecular complexity index is 985. The largest absolute Gasteiger partial charge is 0.481 e. The molecule has 2 aromatic rings. The van der Waals surface area contributed by atoms with Gasteiger partial charge in [0.15, 0.2) is 0 Å². The van der Waals surface area contributed by atoms with E-state index in [1.165, 1.54) is 0 Å². The third-order valence-electron chi connectivity index (χ3n) is 6.58. The molecular formula is C25H28N2O5. The molecule has 168 valence electrons. The summed E-state index contributed by atoms with van der Waals surface area (Å²) in [6.45, 7) is 1.99. The Hall–Kier alpha value is -3.35. The van der Waals surface area contributed by atoms with Crippen LogP contribution in [0.25, 0.3) is 11.1 Å². The number of aliphatic carboxylic acids is 1. The highest BCUT2D eigenvalue weighted by Crippen LogP contribution is 2.44. The minimum absolute atomic E-state index is 0.0562. The van der Waals surface area contributed by atoms with Crippen LogP contribution in [0.15, 0.2) is 48.5 Å². The Balaban J connectivity index is 1.40. The van der Waals surface area contributed by atoms with Crippen LogP contribution in [0, 0.1) is 0 Å². The van der Waals surface area contributed by atoms with Crippen LogP contribution in [0.4, 0.5) is 4.79 Å². The number of ether oxygens (including phenoxy) is 1. The number of carbonyl (C=O) groups is 3. The summed E-state index contributed by atoms with van der Waals surface area (Å²) < 4.78 is 5.59. The first kappa shape index (κ1) is 21.9. The lowest BCUT2D eigenvalue weighted by Crippen LogP contribution is -2.64. The lowest BCUT2D eigenvalue weighted by molar-refractivity contribution is -0.138. The smallest absolute Gasteiger partial charge is 0.408 e. The van der Waals surface area contributed by atoms with Gasteiger partial charge in [-0.1, -0.05) is 55.5 Å². The van der Waals surface area contributed by atoms with Crippen molar-refractivity contribution in [2.75, 3.05) is 6.61 Å². The fourth-order valence-corrected chi connectivity index (χ4v) is 4.60. The van der Waals surface area contributed by atoms with Gasteiger partial charge in [0.1, 0.15) is 12.1 Å². The number of amides is 2. The molecule has 2 aliphatic rings. The van der Waals surface area contributed by atoms with Gasteiger partial charge in [-0.15, -0.1) is 0 Å². The summed E-state index contributed by atoms with van der Waals surface area (Å²) >= 11 is 0. The fraction of sp³-hybridized carbons (Fsp3) is 0.400. The summed E-state index contributed by atoms with van der Waals surface area (Å²) in [4.78, 5) is 36.5. The lowest BCUT2D eigenvalue weighted by Gasteiger charge is -2.41. The Morgan fingerprint density at radius 3 is 2.16 bits per heavy atom. The first-order valence-corrected chi connectivity index (χ1v) is 11.1. The van der Waals surface area contributed by atoms with Gasteiger partial charge in [-0.2, -0.15) is 0 Å². The third kappa shape index (κ3) is 4.20. The number of carbonyl (C=O) groups excluding carboxylic acids is 2. The molecule has 32 heavy (non-hydrogen) atoms. The van der Waals surface area contributed by atoms with Crippen LogP contribution in [0.2, 0.25) is 0 Å². The zero-order valence-electron chi connectivity index (χ0n) is 18.1. The molecule has 0 aromatic heterocycles. The summed E-state index contributed by atoms with van der Waals surface area (Å²) in [5.41, 5.74) is 3.51. The number of alkyl carbamates (subject to hydrolysis) is 1. The molecule has 2 aromatic carbocycles. The summed E-state index contributed by atoms with van der Waals surface area (Å²) in [5, 5.41) is 14.6. The maximum atomic E-state index is 12.8. The van der Waals surface area contributed by atoms with Crippen LogP contribution in [0.3, 0.4) is 0 Å². The molecule has 1 saturated carbocycles. The van der Waals surface area contributed by atoms with Crippen molar-refractivity contribution in [2.24, 2.45) is 0 Å². The monoisotopic (exact) mass is 436 g/mol. The van der Waals surface area contributed by atoms with Crippen molar-refractivity contribution in [1.82, 2.24) is 10.6 Å². The number of hydrogen-bond donors (Lipinski definition) is 3. The Kier molecular flexibility index (Phi) is 6.17. The molecule has 0 heterocycles. The van der Waals surface area contributed by atoms with E-state index in [1.807, 2.05) is 31.2 Å². The molecule has 0 saturated heterocycles. The lowest BCUT2D eigenvalue weighted by atomic mass is 9.76. The van der Waals surface area contributed by atoms with Crippen LogP contribution < -0.4 is 10.6 Å². The second-order valence-electron chi connectivity index (χ2n) is 8.56. The number of nitrogens with one attached hydrogen (secondary N) is 2. The molecule has 0 aliphatic heterocycles. The average Bonchev–Trinajstić information content (AvgIpc) is 3.07. The number of rotatable bonds is 8. The van der Waals surface area contributed by atoms with Gasteiger partial charge in [0.2, 0.25) is 5.91 Å². The molecule has 2 aliphatic carbocycles. The molecule has 0 spiro atoms. The van der Waals surface area contributed by atoms with E-state index in [4.69, 9.17) is 9.84 Å². The molecule has 0 unspecified atom stereocenters. The molecule has 7 nitrogen and oxygen atoms in total. The van der Waals surface area contributed by atoms with E-state index in [1.54, 1.807) is 0 Å². The highest BCUT2D eigenvalue weighted by molar-refractivity contribution is 5.91. The van der Waals surface area contributed by atoms with E-state index in [0.29, 0.717) is 19.3 Å². The van der Waals surface area contributed by atoms with Crippen molar-refractivity contribution in [1.29, 1.82) is 0 Å². The highest BCUT2D eigenvalue weighted by Gasteiger charge is 2.46. The SMILES string of the molecule is CC[C@H](CC(=O)O)NC(=O)C1(NC(=O)OCC2c3ccccc3-c3ccccc32)CCC1. The fourth-order valence-electron chi connectivity index (χ4n) is 4.60. The van der Waals surface area contributed by atoms with Gasteiger partial charge in [-0.25, -0.2) is 4.79 Å². The normalized spacial score (nSPS) is 16.8. The van der Waals surface area contributed by atoms with E-state index in [2.05, 4.69) is 34.9 Å². The predicted molar refractivity (Wildman–Crippen MR) is 119 cm³/mol. The van der Waals surface area contributed by atoms with Crippen LogP contribution in [0.5, 0.6) is 0 Å². The van der Waals surface area contributed by atoms with Crippen molar-refractivity contribution in [3.05, 3.63) is 59.7 Å². The summed E-state index contributed by atoms with van der Waals surface area (Å²) in [6, 6.07) is 15.7. The van der Waals surface area contributed by atoms with E-state index < -0.39 is 23.6 Å². The Morgan fingerprint density at radius 2 is 1.66 bits per heavy atom.